The van der Waals surface area contributed by atoms with E-state index in [1.54, 1.807) is 16.2 Å². The number of hydrogen-bond donors (Lipinski definition) is 2. The summed E-state index contributed by atoms with van der Waals surface area (Å²) in [6, 6.07) is 17.1. The lowest BCUT2D eigenvalue weighted by Crippen LogP contribution is -2.38. The van der Waals surface area contributed by atoms with Gasteiger partial charge in [0.2, 0.25) is 0 Å². The van der Waals surface area contributed by atoms with Crippen molar-refractivity contribution in [1.82, 2.24) is 14.5 Å². The predicted octanol–water partition coefficient (Wildman–Crippen LogP) is 2.80. The number of aliphatic hydroxyl groups is 1. The molecule has 0 fully saturated rings. The quantitative estimate of drug-likeness (QED) is 0.667. The first-order valence-electron chi connectivity index (χ1n) is 8.76. The number of nitrogens with one attached hydrogen (secondary N) is 1. The molecule has 0 amide bonds. The summed E-state index contributed by atoms with van der Waals surface area (Å²) >= 11 is 0. The number of fused-ring (bicyclic) bond motifs is 1. The van der Waals surface area contributed by atoms with Crippen molar-refractivity contribution < 1.29 is 5.11 Å². The number of nitrogens with zero attached hydrogens (tertiary/aromatic N) is 2. The van der Waals surface area contributed by atoms with Gasteiger partial charge in [0, 0.05) is 13.1 Å². The third-order valence-corrected chi connectivity index (χ3v) is 4.51. The predicted molar refractivity (Wildman–Crippen MR) is 108 cm³/mol. The summed E-state index contributed by atoms with van der Waals surface area (Å²) in [5.41, 5.74) is 2.61. The molecule has 0 spiro atoms. The molecule has 26 heavy (non-hydrogen) atoms. The Morgan fingerprint density at radius 2 is 1.65 bits per heavy atom. The summed E-state index contributed by atoms with van der Waals surface area (Å²) in [5.74, 6) is 0. The van der Waals surface area contributed by atoms with Gasteiger partial charge in [-0.2, -0.15) is 0 Å². The summed E-state index contributed by atoms with van der Waals surface area (Å²) in [7, 11) is 1.80. The van der Waals surface area contributed by atoms with E-state index < -0.39 is 12.1 Å². The summed E-state index contributed by atoms with van der Waals surface area (Å²) in [6.45, 7) is 3.12. The minimum atomic E-state index is -0.717. The van der Waals surface area contributed by atoms with E-state index in [9.17, 15) is 9.90 Å². The monoisotopic (exact) mass is 375 g/mol. The maximum atomic E-state index is 13.2. The van der Waals surface area contributed by atoms with Gasteiger partial charge in [0.1, 0.15) is 0 Å². The van der Waals surface area contributed by atoms with Crippen LogP contribution in [-0.4, -0.2) is 33.9 Å². The summed E-state index contributed by atoms with van der Waals surface area (Å²) in [6.07, 6.45) is 0.161. The molecule has 1 aromatic heterocycles. The van der Waals surface area contributed by atoms with Gasteiger partial charge in [-0.1, -0.05) is 49.4 Å². The second-order valence-electron chi connectivity index (χ2n) is 6.27. The van der Waals surface area contributed by atoms with Crippen molar-refractivity contribution in [2.75, 3.05) is 13.6 Å². The van der Waals surface area contributed by atoms with Crippen LogP contribution in [0.15, 0.2) is 59.4 Å². The third kappa shape index (κ3) is 3.70. The second-order valence-corrected chi connectivity index (χ2v) is 6.27. The Hall–Kier alpha value is -2.08. The van der Waals surface area contributed by atoms with Gasteiger partial charge in [-0.05, 0) is 31.2 Å². The molecular formula is C20H26ClN3O2. The summed E-state index contributed by atoms with van der Waals surface area (Å²) < 4.78 is 3.54. The summed E-state index contributed by atoms with van der Waals surface area (Å²) in [4.78, 5) is 13.2. The van der Waals surface area contributed by atoms with Crippen molar-refractivity contribution in [3.8, 4) is 0 Å². The molecule has 0 radical (unpaired) electrons. The van der Waals surface area contributed by atoms with Crippen LogP contribution in [0.2, 0.25) is 0 Å². The fourth-order valence-electron chi connectivity index (χ4n) is 3.46. The number of hydrogen-bond acceptors (Lipinski definition) is 3. The first-order valence-corrected chi connectivity index (χ1v) is 8.76. The van der Waals surface area contributed by atoms with Crippen molar-refractivity contribution in [2.45, 2.75) is 32.0 Å². The van der Waals surface area contributed by atoms with E-state index in [1.165, 1.54) is 0 Å². The van der Waals surface area contributed by atoms with E-state index >= 15 is 0 Å². The first-order chi connectivity index (χ1) is 12.2. The van der Waals surface area contributed by atoms with E-state index in [1.807, 2.05) is 54.6 Å². The fraction of sp³-hybridized carbons (Fsp3) is 0.350. The highest BCUT2D eigenvalue weighted by atomic mass is 35.5. The molecule has 6 heteroatoms. The Balaban J connectivity index is 0.00000243. The van der Waals surface area contributed by atoms with E-state index in [2.05, 4.69) is 12.2 Å². The standard InChI is InChI=1S/C20H25N3O2.ClH/c1-3-13-22-16-11-7-8-12-17(16)23(20(22)25)19(18(24)14-21-2)15-9-5-4-6-10-15;/h4-12,18-19,21,24H,3,13-14H2,1-2H3;1H/t18-,19-;/m0./s1. The SMILES string of the molecule is CCCn1c(=O)n([C@@H](c2ccccc2)[C@@H](O)CNC)c2ccccc21.Cl. The van der Waals surface area contributed by atoms with Crippen LogP contribution in [0.3, 0.4) is 0 Å². The van der Waals surface area contributed by atoms with Gasteiger partial charge >= 0.3 is 5.69 Å². The molecule has 0 saturated carbocycles. The molecule has 0 aliphatic carbocycles. The van der Waals surface area contributed by atoms with E-state index in [4.69, 9.17) is 0 Å². The van der Waals surface area contributed by atoms with Crippen LogP contribution in [0.1, 0.15) is 24.9 Å². The van der Waals surface area contributed by atoms with Gasteiger partial charge < -0.3 is 10.4 Å². The Morgan fingerprint density at radius 3 is 2.27 bits per heavy atom. The highest BCUT2D eigenvalue weighted by Gasteiger charge is 2.27. The molecule has 3 rings (SSSR count). The van der Waals surface area contributed by atoms with Crippen molar-refractivity contribution in [3.05, 3.63) is 70.6 Å². The van der Waals surface area contributed by atoms with Crippen LogP contribution in [0, 0.1) is 0 Å². The van der Waals surface area contributed by atoms with E-state index in [-0.39, 0.29) is 18.1 Å². The minimum Gasteiger partial charge on any atom is -0.389 e. The number of imidazole rings is 1. The Kier molecular flexibility index (Phi) is 7.03. The molecule has 2 N–H and O–H groups in total. The van der Waals surface area contributed by atoms with Crippen LogP contribution in [0.4, 0.5) is 0 Å². The van der Waals surface area contributed by atoms with Gasteiger partial charge in [-0.15, -0.1) is 12.4 Å². The number of likely N-dealkylation sites (N-methyl/N-ethyl adjacent to an activating group) is 1. The Labute approximate surface area is 159 Å². The van der Waals surface area contributed by atoms with Gasteiger partial charge in [-0.3, -0.25) is 9.13 Å². The highest BCUT2D eigenvalue weighted by Crippen LogP contribution is 2.26. The van der Waals surface area contributed by atoms with Gasteiger partial charge in [0.15, 0.2) is 0 Å². The third-order valence-electron chi connectivity index (χ3n) is 4.51. The number of aryl methyl sites for hydroxylation is 1. The average molecular weight is 376 g/mol. The molecule has 0 aliphatic rings. The maximum Gasteiger partial charge on any atom is 0.329 e. The molecule has 0 saturated heterocycles. The number of benzene rings is 2. The number of para-hydroxylation sites is 2. The first kappa shape index (κ1) is 20.2. The van der Waals surface area contributed by atoms with E-state index in [0.717, 1.165) is 23.0 Å². The molecule has 2 atom stereocenters. The van der Waals surface area contributed by atoms with Crippen molar-refractivity contribution in [1.29, 1.82) is 0 Å². The van der Waals surface area contributed by atoms with Gasteiger partial charge in [-0.25, -0.2) is 4.79 Å². The highest BCUT2D eigenvalue weighted by molar-refractivity contribution is 5.85. The van der Waals surface area contributed by atoms with Crippen LogP contribution in [0.5, 0.6) is 0 Å². The van der Waals surface area contributed by atoms with Gasteiger partial charge in [0.25, 0.3) is 0 Å². The molecule has 2 aromatic carbocycles. The Morgan fingerprint density at radius 1 is 1.04 bits per heavy atom. The lowest BCUT2D eigenvalue weighted by Gasteiger charge is -2.25. The zero-order valence-electron chi connectivity index (χ0n) is 15.1. The normalized spacial score (nSPS) is 13.3. The topological polar surface area (TPSA) is 59.2 Å². The number of rotatable bonds is 7. The van der Waals surface area contributed by atoms with Crippen LogP contribution < -0.4 is 11.0 Å². The summed E-state index contributed by atoms with van der Waals surface area (Å²) in [5, 5.41) is 13.8. The van der Waals surface area contributed by atoms with Crippen LogP contribution >= 0.6 is 12.4 Å². The number of halogens is 1. The lowest BCUT2D eigenvalue weighted by atomic mass is 10.0. The zero-order valence-corrected chi connectivity index (χ0v) is 15.9. The average Bonchev–Trinajstić information content (AvgIpc) is 2.90. The zero-order chi connectivity index (χ0) is 17.8. The van der Waals surface area contributed by atoms with Crippen molar-refractivity contribution in [3.63, 3.8) is 0 Å². The van der Waals surface area contributed by atoms with Crippen LogP contribution in [0.25, 0.3) is 11.0 Å². The number of aliphatic hydroxyl groups excluding tert-OH is 1. The smallest absolute Gasteiger partial charge is 0.329 e. The molecule has 5 nitrogen and oxygen atoms in total. The largest absolute Gasteiger partial charge is 0.389 e. The molecule has 3 aromatic rings. The fourth-order valence-corrected chi connectivity index (χ4v) is 3.46. The molecule has 0 unspecified atom stereocenters. The van der Waals surface area contributed by atoms with E-state index in [0.29, 0.717) is 13.1 Å². The molecular weight excluding hydrogens is 350 g/mol. The Bertz CT molecular complexity index is 889. The van der Waals surface area contributed by atoms with Crippen molar-refractivity contribution >= 4 is 23.4 Å². The number of aromatic nitrogens is 2. The van der Waals surface area contributed by atoms with Crippen molar-refractivity contribution in [2.24, 2.45) is 0 Å². The molecule has 0 bridgehead atoms. The molecule has 140 valence electrons. The lowest BCUT2D eigenvalue weighted by molar-refractivity contribution is 0.130. The maximum absolute atomic E-state index is 13.2. The minimum absolute atomic E-state index is 0. The molecule has 0 aliphatic heterocycles. The molecule has 1 heterocycles. The second kappa shape index (κ2) is 9.03. The van der Waals surface area contributed by atoms with Crippen LogP contribution in [-0.2, 0) is 6.54 Å². The van der Waals surface area contributed by atoms with Gasteiger partial charge in [0.05, 0.1) is 23.2 Å².